The summed E-state index contributed by atoms with van der Waals surface area (Å²) < 4.78 is 0. The Balaban J connectivity index is 1.68. The normalized spacial score (nSPS) is 24.5. The molecule has 2 aromatic rings. The first-order valence-corrected chi connectivity index (χ1v) is 8.51. The molecule has 1 saturated carbocycles. The van der Waals surface area contributed by atoms with E-state index >= 15 is 0 Å². The van der Waals surface area contributed by atoms with Crippen molar-refractivity contribution in [2.24, 2.45) is 0 Å². The fourth-order valence-electron chi connectivity index (χ4n) is 3.52. The quantitative estimate of drug-likeness (QED) is 0.920. The van der Waals surface area contributed by atoms with Gasteiger partial charge in [-0.1, -0.05) is 36.8 Å². The first kappa shape index (κ1) is 12.5. The lowest BCUT2D eigenvalue weighted by Gasteiger charge is -2.40. The molecule has 2 nitrogen and oxygen atoms in total. The molecule has 2 fully saturated rings. The van der Waals surface area contributed by atoms with Gasteiger partial charge in [0.1, 0.15) is 5.01 Å². The van der Waals surface area contributed by atoms with E-state index in [2.05, 4.69) is 41.0 Å². The molecule has 0 bridgehead atoms. The topological polar surface area (TPSA) is 24.9 Å². The molecule has 1 aromatic carbocycles. The van der Waals surface area contributed by atoms with E-state index in [1.807, 2.05) is 11.3 Å². The molecule has 4 rings (SSSR count). The molecule has 1 saturated heterocycles. The molecule has 2 heterocycles. The number of nitrogens with one attached hydrogen (secondary N) is 1. The summed E-state index contributed by atoms with van der Waals surface area (Å²) in [6.45, 7) is 1.14. The van der Waals surface area contributed by atoms with Gasteiger partial charge < -0.3 is 5.32 Å². The first-order valence-electron chi connectivity index (χ1n) is 7.63. The van der Waals surface area contributed by atoms with E-state index in [9.17, 15) is 0 Å². The van der Waals surface area contributed by atoms with Gasteiger partial charge in [-0.25, -0.2) is 4.98 Å². The standard InChI is InChI=1S/C17H20N2S/c1-2-6-13(7-3-1)17(9-5-10-17)16-19-15(12-20-16)14-8-4-11-18-14/h1-3,6-7,12,14,18H,4-5,8-11H2/t14-/m0/s1. The number of hydrogen-bond donors (Lipinski definition) is 1. The number of benzene rings is 1. The fourth-order valence-corrected chi connectivity index (χ4v) is 4.67. The zero-order chi connectivity index (χ0) is 13.4. The van der Waals surface area contributed by atoms with E-state index < -0.39 is 0 Å². The lowest BCUT2D eigenvalue weighted by molar-refractivity contribution is 0.299. The van der Waals surface area contributed by atoms with Gasteiger partial charge in [0.15, 0.2) is 0 Å². The van der Waals surface area contributed by atoms with Crippen molar-refractivity contribution in [3.05, 3.63) is 52.0 Å². The summed E-state index contributed by atoms with van der Waals surface area (Å²) in [6.07, 6.45) is 6.35. The zero-order valence-electron chi connectivity index (χ0n) is 11.6. The van der Waals surface area contributed by atoms with E-state index in [0.29, 0.717) is 6.04 Å². The van der Waals surface area contributed by atoms with Crippen LogP contribution in [-0.2, 0) is 5.41 Å². The van der Waals surface area contributed by atoms with Crippen LogP contribution in [0.5, 0.6) is 0 Å². The molecule has 0 spiro atoms. The van der Waals surface area contributed by atoms with Crippen LogP contribution in [0.4, 0.5) is 0 Å². The molecule has 1 N–H and O–H groups in total. The molecule has 1 aliphatic carbocycles. The van der Waals surface area contributed by atoms with Crippen molar-refractivity contribution in [1.29, 1.82) is 0 Å². The molecular formula is C17H20N2S. The molecule has 104 valence electrons. The number of aromatic nitrogens is 1. The molecule has 0 unspecified atom stereocenters. The van der Waals surface area contributed by atoms with Crippen LogP contribution in [0.15, 0.2) is 35.7 Å². The van der Waals surface area contributed by atoms with Crippen molar-refractivity contribution in [1.82, 2.24) is 10.3 Å². The second-order valence-corrected chi connectivity index (χ2v) is 6.89. The van der Waals surface area contributed by atoms with Crippen LogP contribution >= 0.6 is 11.3 Å². The van der Waals surface area contributed by atoms with Crippen LogP contribution in [0.25, 0.3) is 0 Å². The number of hydrogen-bond acceptors (Lipinski definition) is 3. The molecule has 1 aromatic heterocycles. The molecule has 0 radical (unpaired) electrons. The summed E-state index contributed by atoms with van der Waals surface area (Å²) in [7, 11) is 0. The lowest BCUT2D eigenvalue weighted by Crippen LogP contribution is -2.35. The Bertz CT molecular complexity index is 580. The van der Waals surface area contributed by atoms with Gasteiger partial charge in [0.2, 0.25) is 0 Å². The summed E-state index contributed by atoms with van der Waals surface area (Å²) >= 11 is 1.86. The Morgan fingerprint density at radius 2 is 2.00 bits per heavy atom. The lowest BCUT2D eigenvalue weighted by atomic mass is 9.65. The molecular weight excluding hydrogens is 264 g/mol. The fraction of sp³-hybridized carbons (Fsp3) is 0.471. The monoisotopic (exact) mass is 284 g/mol. The highest BCUT2D eigenvalue weighted by molar-refractivity contribution is 7.09. The predicted octanol–water partition coefficient (Wildman–Crippen LogP) is 4.04. The van der Waals surface area contributed by atoms with Crippen LogP contribution in [0.2, 0.25) is 0 Å². The minimum Gasteiger partial charge on any atom is -0.309 e. The van der Waals surface area contributed by atoms with Crippen LogP contribution in [0, 0.1) is 0 Å². The summed E-state index contributed by atoms with van der Waals surface area (Å²) in [4.78, 5) is 5.02. The molecule has 20 heavy (non-hydrogen) atoms. The maximum absolute atomic E-state index is 5.02. The third kappa shape index (κ3) is 1.92. The van der Waals surface area contributed by atoms with E-state index in [4.69, 9.17) is 4.98 Å². The highest BCUT2D eigenvalue weighted by Gasteiger charge is 2.43. The number of rotatable bonds is 3. The van der Waals surface area contributed by atoms with Gasteiger partial charge in [-0.2, -0.15) is 0 Å². The summed E-state index contributed by atoms with van der Waals surface area (Å²) in [5.74, 6) is 0. The van der Waals surface area contributed by atoms with Crippen molar-refractivity contribution in [3.8, 4) is 0 Å². The van der Waals surface area contributed by atoms with E-state index in [-0.39, 0.29) is 5.41 Å². The predicted molar refractivity (Wildman–Crippen MR) is 83.2 cm³/mol. The van der Waals surface area contributed by atoms with E-state index in [1.54, 1.807) is 0 Å². The Hall–Kier alpha value is -1.19. The summed E-state index contributed by atoms with van der Waals surface area (Å²) in [5.41, 5.74) is 2.93. The van der Waals surface area contributed by atoms with Gasteiger partial charge >= 0.3 is 0 Å². The molecule has 3 heteroatoms. The van der Waals surface area contributed by atoms with Crippen molar-refractivity contribution in [2.45, 2.75) is 43.6 Å². The average molecular weight is 284 g/mol. The van der Waals surface area contributed by atoms with Gasteiger partial charge in [-0.15, -0.1) is 11.3 Å². The SMILES string of the molecule is c1ccc(C2(c3nc([C@@H]4CCCN4)cs3)CCC2)cc1. The highest BCUT2D eigenvalue weighted by atomic mass is 32.1. The van der Waals surface area contributed by atoms with Crippen molar-refractivity contribution in [2.75, 3.05) is 6.54 Å². The Morgan fingerprint density at radius 3 is 2.65 bits per heavy atom. The van der Waals surface area contributed by atoms with Crippen LogP contribution < -0.4 is 5.32 Å². The van der Waals surface area contributed by atoms with Crippen molar-refractivity contribution < 1.29 is 0 Å². The zero-order valence-corrected chi connectivity index (χ0v) is 12.5. The summed E-state index contributed by atoms with van der Waals surface area (Å²) in [5, 5.41) is 7.17. The molecule has 2 aliphatic rings. The van der Waals surface area contributed by atoms with Gasteiger partial charge in [0.05, 0.1) is 11.7 Å². The maximum atomic E-state index is 5.02. The van der Waals surface area contributed by atoms with Crippen molar-refractivity contribution in [3.63, 3.8) is 0 Å². The second kappa shape index (κ2) is 4.97. The third-order valence-electron chi connectivity index (χ3n) is 4.88. The van der Waals surface area contributed by atoms with E-state index in [0.717, 1.165) is 6.54 Å². The first-order chi connectivity index (χ1) is 9.88. The van der Waals surface area contributed by atoms with Gasteiger partial charge in [-0.05, 0) is 37.8 Å². The smallest absolute Gasteiger partial charge is 0.103 e. The Morgan fingerprint density at radius 1 is 1.15 bits per heavy atom. The van der Waals surface area contributed by atoms with Gasteiger partial charge in [0.25, 0.3) is 0 Å². The third-order valence-corrected chi connectivity index (χ3v) is 5.95. The summed E-state index contributed by atoms with van der Waals surface area (Å²) in [6, 6.07) is 11.5. The molecule has 1 atom stereocenters. The largest absolute Gasteiger partial charge is 0.309 e. The molecule has 0 amide bonds. The number of nitrogens with zero attached hydrogens (tertiary/aromatic N) is 1. The van der Waals surface area contributed by atoms with E-state index in [1.165, 1.54) is 48.4 Å². The minimum atomic E-state index is 0.211. The maximum Gasteiger partial charge on any atom is 0.103 e. The minimum absolute atomic E-state index is 0.211. The second-order valence-electron chi connectivity index (χ2n) is 6.03. The Labute approximate surface area is 124 Å². The highest BCUT2D eigenvalue weighted by Crippen LogP contribution is 2.50. The van der Waals surface area contributed by atoms with Crippen LogP contribution in [0.1, 0.15) is 54.4 Å². The van der Waals surface area contributed by atoms with Gasteiger partial charge in [-0.3, -0.25) is 0 Å². The van der Waals surface area contributed by atoms with Crippen LogP contribution in [-0.4, -0.2) is 11.5 Å². The van der Waals surface area contributed by atoms with Crippen molar-refractivity contribution >= 4 is 11.3 Å². The number of thiazole rings is 1. The Kier molecular flexibility index (Phi) is 3.12. The average Bonchev–Trinajstić information content (AvgIpc) is 3.09. The van der Waals surface area contributed by atoms with Crippen LogP contribution in [0.3, 0.4) is 0 Å². The molecule has 1 aliphatic heterocycles. The van der Waals surface area contributed by atoms with Gasteiger partial charge in [0, 0.05) is 10.8 Å².